The molecule has 0 aromatic heterocycles. The highest BCUT2D eigenvalue weighted by molar-refractivity contribution is 7.99. The van der Waals surface area contributed by atoms with Crippen LogP contribution < -0.4 is 5.73 Å². The summed E-state index contributed by atoms with van der Waals surface area (Å²) in [6, 6.07) is 8.09. The number of rotatable bonds is 6. The molecule has 0 atom stereocenters. The Morgan fingerprint density at radius 1 is 1.19 bits per heavy atom. The highest BCUT2D eigenvalue weighted by Crippen LogP contribution is 2.13. The van der Waals surface area contributed by atoms with Crippen molar-refractivity contribution in [2.24, 2.45) is 5.73 Å². The van der Waals surface area contributed by atoms with Crippen molar-refractivity contribution in [3.63, 3.8) is 0 Å². The Hall–Kier alpha value is -0.520. The summed E-state index contributed by atoms with van der Waals surface area (Å²) in [5.41, 5.74) is 7.82. The third-order valence-electron chi connectivity index (χ3n) is 2.13. The molecule has 90 valence electrons. The molecule has 0 bridgehead atoms. The average molecular weight is 259 g/mol. The van der Waals surface area contributed by atoms with Gasteiger partial charge in [0.2, 0.25) is 0 Å². The van der Waals surface area contributed by atoms with Gasteiger partial charge in [0.05, 0.1) is 5.75 Å². The Balaban J connectivity index is 2.32. The molecule has 0 unspecified atom stereocenters. The van der Waals surface area contributed by atoms with Crippen LogP contribution in [-0.4, -0.2) is 26.2 Å². The molecule has 1 aromatic rings. The minimum atomic E-state index is -2.83. The van der Waals surface area contributed by atoms with Crippen LogP contribution in [0.1, 0.15) is 11.1 Å². The molecular weight excluding hydrogens is 242 g/mol. The number of nitrogens with two attached hydrogens (primary N) is 1. The van der Waals surface area contributed by atoms with Gasteiger partial charge in [-0.1, -0.05) is 24.3 Å². The number of hydrogen-bond donors (Lipinski definition) is 1. The Kier molecular flexibility index (Phi) is 5.31. The van der Waals surface area contributed by atoms with E-state index >= 15 is 0 Å². The fraction of sp³-hybridized carbons (Fsp3) is 0.455. The van der Waals surface area contributed by atoms with Gasteiger partial charge in [0.25, 0.3) is 0 Å². The molecule has 0 saturated carbocycles. The molecule has 3 nitrogen and oxygen atoms in total. The first-order chi connectivity index (χ1) is 7.51. The van der Waals surface area contributed by atoms with Crippen LogP contribution in [0.5, 0.6) is 0 Å². The summed E-state index contributed by atoms with van der Waals surface area (Å²) in [6.45, 7) is 0.557. The number of benzene rings is 1. The second-order valence-electron chi connectivity index (χ2n) is 3.70. The van der Waals surface area contributed by atoms with E-state index in [2.05, 4.69) is 0 Å². The Labute approximate surface area is 101 Å². The van der Waals surface area contributed by atoms with Gasteiger partial charge in [-0.05, 0) is 11.1 Å². The van der Waals surface area contributed by atoms with E-state index in [-0.39, 0.29) is 5.75 Å². The van der Waals surface area contributed by atoms with Gasteiger partial charge in [-0.3, -0.25) is 0 Å². The molecule has 0 aliphatic rings. The third kappa shape index (κ3) is 5.53. The van der Waals surface area contributed by atoms with E-state index in [1.54, 1.807) is 11.8 Å². The summed E-state index contributed by atoms with van der Waals surface area (Å²) >= 11 is 1.64. The summed E-state index contributed by atoms with van der Waals surface area (Å²) in [4.78, 5) is 0. The van der Waals surface area contributed by atoms with Gasteiger partial charge in [0.15, 0.2) is 0 Å². The molecule has 1 aromatic carbocycles. The zero-order valence-electron chi connectivity index (χ0n) is 9.35. The van der Waals surface area contributed by atoms with Gasteiger partial charge in [0, 0.05) is 24.3 Å². The second-order valence-corrected chi connectivity index (χ2v) is 7.07. The monoisotopic (exact) mass is 259 g/mol. The molecule has 2 N–H and O–H groups in total. The largest absolute Gasteiger partial charge is 0.326 e. The van der Waals surface area contributed by atoms with Crippen LogP contribution in [0.4, 0.5) is 0 Å². The smallest absolute Gasteiger partial charge is 0.148 e. The summed E-state index contributed by atoms with van der Waals surface area (Å²) in [6.07, 6.45) is 1.27. The molecule has 0 spiro atoms. The van der Waals surface area contributed by atoms with Crippen LogP contribution in [0.25, 0.3) is 0 Å². The quantitative estimate of drug-likeness (QED) is 0.785. The standard InChI is InChI=1S/C11H17NO2S2/c1-16(13,14)7-6-15-9-11-4-2-10(8-12)3-5-11/h2-5H,6-9,12H2,1H3. The lowest BCUT2D eigenvalue weighted by Gasteiger charge is -2.02. The van der Waals surface area contributed by atoms with Crippen LogP contribution in [0, 0.1) is 0 Å². The van der Waals surface area contributed by atoms with Crippen molar-refractivity contribution >= 4 is 21.6 Å². The van der Waals surface area contributed by atoms with E-state index in [0.717, 1.165) is 11.3 Å². The predicted octanol–water partition coefficient (Wildman–Crippen LogP) is 1.42. The van der Waals surface area contributed by atoms with Crippen molar-refractivity contribution in [3.8, 4) is 0 Å². The zero-order chi connectivity index (χ0) is 12.0. The summed E-state index contributed by atoms with van der Waals surface area (Å²) in [5, 5.41) is 0. The van der Waals surface area contributed by atoms with Crippen molar-refractivity contribution in [2.45, 2.75) is 12.3 Å². The van der Waals surface area contributed by atoms with E-state index in [1.165, 1.54) is 11.8 Å². The lowest BCUT2D eigenvalue weighted by Crippen LogP contribution is -2.05. The van der Waals surface area contributed by atoms with Gasteiger partial charge in [-0.25, -0.2) is 8.42 Å². The maximum Gasteiger partial charge on any atom is 0.148 e. The van der Waals surface area contributed by atoms with Gasteiger partial charge < -0.3 is 5.73 Å². The Morgan fingerprint density at radius 3 is 2.25 bits per heavy atom. The molecule has 0 fully saturated rings. The van der Waals surface area contributed by atoms with Gasteiger partial charge in [-0.2, -0.15) is 11.8 Å². The Bertz CT molecular complexity index is 412. The van der Waals surface area contributed by atoms with Gasteiger partial charge >= 0.3 is 0 Å². The zero-order valence-corrected chi connectivity index (χ0v) is 11.0. The molecule has 5 heteroatoms. The molecule has 1 rings (SSSR count). The Morgan fingerprint density at radius 2 is 1.75 bits per heavy atom. The summed E-state index contributed by atoms with van der Waals surface area (Å²) in [7, 11) is -2.83. The van der Waals surface area contributed by atoms with E-state index in [9.17, 15) is 8.42 Å². The van der Waals surface area contributed by atoms with Gasteiger partial charge in [-0.15, -0.1) is 0 Å². The van der Waals surface area contributed by atoms with Gasteiger partial charge in [0.1, 0.15) is 9.84 Å². The fourth-order valence-electron chi connectivity index (χ4n) is 1.17. The first kappa shape index (κ1) is 13.5. The number of sulfone groups is 1. The lowest BCUT2D eigenvalue weighted by molar-refractivity contribution is 0.603. The summed E-state index contributed by atoms with van der Waals surface area (Å²) < 4.78 is 21.8. The van der Waals surface area contributed by atoms with E-state index < -0.39 is 9.84 Å². The summed E-state index contributed by atoms with van der Waals surface area (Å²) in [5.74, 6) is 1.75. The van der Waals surface area contributed by atoms with Crippen molar-refractivity contribution in [1.29, 1.82) is 0 Å². The minimum absolute atomic E-state index is 0.249. The van der Waals surface area contributed by atoms with Crippen molar-refractivity contribution in [2.75, 3.05) is 17.8 Å². The van der Waals surface area contributed by atoms with Crippen molar-refractivity contribution in [1.82, 2.24) is 0 Å². The highest BCUT2D eigenvalue weighted by atomic mass is 32.2. The fourth-order valence-corrected chi connectivity index (χ4v) is 3.43. The molecule has 0 aliphatic heterocycles. The van der Waals surface area contributed by atoms with Crippen molar-refractivity contribution in [3.05, 3.63) is 35.4 Å². The van der Waals surface area contributed by atoms with Crippen molar-refractivity contribution < 1.29 is 8.42 Å². The van der Waals surface area contributed by atoms with E-state index in [4.69, 9.17) is 5.73 Å². The van der Waals surface area contributed by atoms with E-state index in [1.807, 2.05) is 24.3 Å². The molecule has 0 aliphatic carbocycles. The first-order valence-corrected chi connectivity index (χ1v) is 8.26. The number of thioether (sulfide) groups is 1. The topological polar surface area (TPSA) is 60.2 Å². The van der Waals surface area contributed by atoms with Crippen LogP contribution in [0.15, 0.2) is 24.3 Å². The maximum absolute atomic E-state index is 10.9. The van der Waals surface area contributed by atoms with E-state index in [0.29, 0.717) is 12.3 Å². The SMILES string of the molecule is CS(=O)(=O)CCSCc1ccc(CN)cc1. The molecule has 0 amide bonds. The normalized spacial score (nSPS) is 11.6. The minimum Gasteiger partial charge on any atom is -0.326 e. The molecule has 16 heavy (non-hydrogen) atoms. The predicted molar refractivity (Wildman–Crippen MR) is 70.2 cm³/mol. The lowest BCUT2D eigenvalue weighted by atomic mass is 10.1. The maximum atomic E-state index is 10.9. The molecular formula is C11H17NO2S2. The van der Waals surface area contributed by atoms with Crippen LogP contribution >= 0.6 is 11.8 Å². The molecule has 0 radical (unpaired) electrons. The van der Waals surface area contributed by atoms with Crippen LogP contribution in [0.2, 0.25) is 0 Å². The molecule has 0 saturated heterocycles. The number of hydrogen-bond acceptors (Lipinski definition) is 4. The van der Waals surface area contributed by atoms with Crippen LogP contribution in [-0.2, 0) is 22.1 Å². The second kappa shape index (κ2) is 6.27. The van der Waals surface area contributed by atoms with Crippen LogP contribution in [0.3, 0.4) is 0 Å². The highest BCUT2D eigenvalue weighted by Gasteiger charge is 2.01. The average Bonchev–Trinajstić information content (AvgIpc) is 2.24. The third-order valence-corrected chi connectivity index (χ3v) is 4.36. The first-order valence-electron chi connectivity index (χ1n) is 5.04. The molecule has 0 heterocycles.